The minimum absolute atomic E-state index is 0.613. The number of aromatic nitrogens is 2. The van der Waals surface area contributed by atoms with E-state index in [1.807, 2.05) is 6.33 Å². The Labute approximate surface area is 106 Å². The van der Waals surface area contributed by atoms with Crippen molar-refractivity contribution in [1.29, 1.82) is 0 Å². The Morgan fingerprint density at radius 2 is 1.94 bits per heavy atom. The molecule has 1 heterocycles. The molecule has 98 valence electrons. The van der Waals surface area contributed by atoms with Crippen molar-refractivity contribution in [1.82, 2.24) is 14.9 Å². The van der Waals surface area contributed by atoms with Crippen molar-refractivity contribution in [3.05, 3.63) is 17.7 Å². The van der Waals surface area contributed by atoms with Crippen molar-refractivity contribution < 1.29 is 0 Å². The molecule has 0 radical (unpaired) electrons. The second kappa shape index (κ2) is 6.80. The molecular formula is C14H27N3. The molecule has 1 rings (SSSR count). The molecule has 3 heteroatoms. The third-order valence-electron chi connectivity index (χ3n) is 3.37. The van der Waals surface area contributed by atoms with E-state index in [1.54, 1.807) is 0 Å². The van der Waals surface area contributed by atoms with E-state index in [1.165, 1.54) is 18.5 Å². The molecule has 17 heavy (non-hydrogen) atoms. The minimum Gasteiger partial charge on any atom is -0.333 e. The van der Waals surface area contributed by atoms with Crippen LogP contribution in [0, 0.1) is 19.8 Å². The Morgan fingerprint density at radius 3 is 2.47 bits per heavy atom. The van der Waals surface area contributed by atoms with Crippen molar-refractivity contribution in [2.24, 2.45) is 5.92 Å². The summed E-state index contributed by atoms with van der Waals surface area (Å²) in [6, 6.07) is 0.613. The van der Waals surface area contributed by atoms with E-state index in [4.69, 9.17) is 0 Å². The van der Waals surface area contributed by atoms with Gasteiger partial charge in [-0.2, -0.15) is 0 Å². The molecule has 0 aromatic carbocycles. The van der Waals surface area contributed by atoms with Crippen LogP contribution >= 0.6 is 0 Å². The van der Waals surface area contributed by atoms with Gasteiger partial charge < -0.3 is 9.88 Å². The first kappa shape index (κ1) is 14.2. The van der Waals surface area contributed by atoms with E-state index in [2.05, 4.69) is 49.5 Å². The summed E-state index contributed by atoms with van der Waals surface area (Å²) in [5, 5.41) is 3.57. The van der Waals surface area contributed by atoms with Gasteiger partial charge in [0.2, 0.25) is 0 Å². The average Bonchev–Trinajstić information content (AvgIpc) is 2.58. The summed E-state index contributed by atoms with van der Waals surface area (Å²) in [6.07, 6.45) is 4.50. The van der Waals surface area contributed by atoms with Gasteiger partial charge in [0.05, 0.1) is 12.0 Å². The van der Waals surface area contributed by atoms with Gasteiger partial charge in [-0.3, -0.25) is 0 Å². The van der Waals surface area contributed by atoms with Crippen LogP contribution in [-0.4, -0.2) is 22.1 Å². The zero-order valence-corrected chi connectivity index (χ0v) is 12.0. The zero-order valence-electron chi connectivity index (χ0n) is 12.0. The Kier molecular flexibility index (Phi) is 5.69. The van der Waals surface area contributed by atoms with Crippen LogP contribution in [0.2, 0.25) is 0 Å². The lowest BCUT2D eigenvalue weighted by Crippen LogP contribution is -2.29. The van der Waals surface area contributed by atoms with Gasteiger partial charge in [0.15, 0.2) is 0 Å². The number of aryl methyl sites for hydroxylation is 1. The highest BCUT2D eigenvalue weighted by atomic mass is 15.1. The van der Waals surface area contributed by atoms with Crippen LogP contribution < -0.4 is 5.32 Å². The lowest BCUT2D eigenvalue weighted by molar-refractivity contribution is 0.440. The van der Waals surface area contributed by atoms with Crippen molar-refractivity contribution in [2.45, 2.75) is 60.0 Å². The summed E-state index contributed by atoms with van der Waals surface area (Å²) in [6.45, 7) is 13.1. The first-order valence-electron chi connectivity index (χ1n) is 6.72. The Morgan fingerprint density at radius 1 is 1.24 bits per heavy atom. The molecule has 1 aromatic rings. The van der Waals surface area contributed by atoms with Crippen LogP contribution in [0.15, 0.2) is 6.33 Å². The predicted molar refractivity (Wildman–Crippen MR) is 73.2 cm³/mol. The van der Waals surface area contributed by atoms with Crippen LogP contribution in [0.25, 0.3) is 0 Å². The second-order valence-electron chi connectivity index (χ2n) is 5.44. The molecule has 1 N–H and O–H groups in total. The minimum atomic E-state index is 0.613. The lowest BCUT2D eigenvalue weighted by Gasteiger charge is -2.15. The fourth-order valence-electron chi connectivity index (χ4n) is 1.89. The van der Waals surface area contributed by atoms with Crippen LogP contribution in [0.4, 0.5) is 0 Å². The summed E-state index contributed by atoms with van der Waals surface area (Å²) in [5.41, 5.74) is 2.42. The Bertz CT molecular complexity index is 328. The summed E-state index contributed by atoms with van der Waals surface area (Å²) < 4.78 is 2.22. The summed E-state index contributed by atoms with van der Waals surface area (Å²) in [4.78, 5) is 4.31. The largest absolute Gasteiger partial charge is 0.333 e. The van der Waals surface area contributed by atoms with E-state index in [0.29, 0.717) is 6.04 Å². The number of hydrogen-bond acceptors (Lipinski definition) is 2. The van der Waals surface area contributed by atoms with Crippen LogP contribution in [0.3, 0.4) is 0 Å². The van der Waals surface area contributed by atoms with Crippen molar-refractivity contribution in [2.75, 3.05) is 6.54 Å². The normalized spacial score (nSPS) is 13.3. The predicted octanol–water partition coefficient (Wildman–Crippen LogP) is 2.91. The first-order chi connectivity index (χ1) is 8.00. The number of nitrogens with one attached hydrogen (secondary N) is 1. The topological polar surface area (TPSA) is 29.9 Å². The van der Waals surface area contributed by atoms with Gasteiger partial charge in [0.1, 0.15) is 0 Å². The van der Waals surface area contributed by atoms with Crippen LogP contribution in [-0.2, 0) is 6.54 Å². The zero-order chi connectivity index (χ0) is 12.8. The lowest BCUT2D eigenvalue weighted by atomic mass is 10.0. The molecule has 0 aliphatic rings. The maximum atomic E-state index is 4.31. The maximum absolute atomic E-state index is 4.31. The van der Waals surface area contributed by atoms with Crippen molar-refractivity contribution >= 4 is 0 Å². The summed E-state index contributed by atoms with van der Waals surface area (Å²) in [5.74, 6) is 0.804. The van der Waals surface area contributed by atoms with E-state index in [9.17, 15) is 0 Å². The van der Waals surface area contributed by atoms with Gasteiger partial charge >= 0.3 is 0 Å². The Hall–Kier alpha value is -0.830. The second-order valence-corrected chi connectivity index (χ2v) is 5.44. The third-order valence-corrected chi connectivity index (χ3v) is 3.37. The van der Waals surface area contributed by atoms with Gasteiger partial charge in [0.25, 0.3) is 0 Å². The van der Waals surface area contributed by atoms with Crippen molar-refractivity contribution in [3.8, 4) is 0 Å². The smallest absolute Gasteiger partial charge is 0.0951 e. The molecule has 0 aliphatic carbocycles. The van der Waals surface area contributed by atoms with Crippen LogP contribution in [0.5, 0.6) is 0 Å². The van der Waals surface area contributed by atoms with Gasteiger partial charge in [-0.05, 0) is 39.5 Å². The highest BCUT2D eigenvalue weighted by Gasteiger charge is 2.04. The van der Waals surface area contributed by atoms with Crippen molar-refractivity contribution in [3.63, 3.8) is 0 Å². The number of nitrogens with zero attached hydrogens (tertiary/aromatic N) is 2. The first-order valence-corrected chi connectivity index (χ1v) is 6.72. The average molecular weight is 237 g/mol. The number of hydrogen-bond donors (Lipinski definition) is 1. The molecule has 1 aromatic heterocycles. The van der Waals surface area contributed by atoms with Gasteiger partial charge in [-0.25, -0.2) is 4.98 Å². The highest BCUT2D eigenvalue weighted by molar-refractivity contribution is 5.08. The fraction of sp³-hybridized carbons (Fsp3) is 0.786. The fourth-order valence-corrected chi connectivity index (χ4v) is 1.89. The molecule has 0 saturated heterocycles. The molecular weight excluding hydrogens is 210 g/mol. The molecule has 0 aliphatic heterocycles. The summed E-state index contributed by atoms with van der Waals surface area (Å²) in [7, 11) is 0. The summed E-state index contributed by atoms with van der Waals surface area (Å²) >= 11 is 0. The molecule has 0 bridgehead atoms. The molecule has 0 spiro atoms. The molecule has 0 saturated carbocycles. The number of rotatable bonds is 7. The molecule has 1 atom stereocenters. The molecule has 0 amide bonds. The van der Waals surface area contributed by atoms with Gasteiger partial charge in [0, 0.05) is 24.8 Å². The quantitative estimate of drug-likeness (QED) is 0.790. The van der Waals surface area contributed by atoms with Gasteiger partial charge in [-0.15, -0.1) is 0 Å². The van der Waals surface area contributed by atoms with Crippen LogP contribution in [0.1, 0.15) is 45.0 Å². The van der Waals surface area contributed by atoms with Gasteiger partial charge in [-0.1, -0.05) is 13.8 Å². The third kappa shape index (κ3) is 4.90. The van der Waals surface area contributed by atoms with E-state index in [-0.39, 0.29) is 0 Å². The van der Waals surface area contributed by atoms with E-state index in [0.717, 1.165) is 24.7 Å². The van der Waals surface area contributed by atoms with E-state index >= 15 is 0 Å². The number of imidazole rings is 1. The monoisotopic (exact) mass is 237 g/mol. The van der Waals surface area contributed by atoms with E-state index < -0.39 is 0 Å². The standard InChI is InChI=1S/C14H27N3/c1-11(2)6-7-12(3)15-8-9-17-10-16-13(4)14(17)5/h10-12,15H,6-9H2,1-5H3. The molecule has 0 fully saturated rings. The molecule has 1 unspecified atom stereocenters. The maximum Gasteiger partial charge on any atom is 0.0951 e. The molecule has 3 nitrogen and oxygen atoms in total. The SMILES string of the molecule is Cc1ncn(CCNC(C)CCC(C)C)c1C. The Balaban J connectivity index is 2.21. The highest BCUT2D eigenvalue weighted by Crippen LogP contribution is 2.06.